The van der Waals surface area contributed by atoms with E-state index in [-0.39, 0.29) is 6.04 Å². The van der Waals surface area contributed by atoms with Gasteiger partial charge in [0.1, 0.15) is 11.4 Å². The van der Waals surface area contributed by atoms with Crippen LogP contribution < -0.4 is 16.0 Å². The molecule has 0 spiro atoms. The Morgan fingerprint density at radius 3 is 2.70 bits per heavy atom. The van der Waals surface area contributed by atoms with Gasteiger partial charge in [-0.15, -0.1) is 11.8 Å². The highest BCUT2D eigenvalue weighted by molar-refractivity contribution is 7.99. The minimum absolute atomic E-state index is 0.0579. The molecule has 0 aliphatic rings. The maximum absolute atomic E-state index is 5.66. The van der Waals surface area contributed by atoms with E-state index in [0.29, 0.717) is 0 Å². The number of methoxy groups -OCH3 is 1. The van der Waals surface area contributed by atoms with Crippen LogP contribution in [0, 0.1) is 6.92 Å². The number of hydrazine groups is 1. The first-order valence-electron chi connectivity index (χ1n) is 6.39. The van der Waals surface area contributed by atoms with Crippen LogP contribution in [0.2, 0.25) is 0 Å². The summed E-state index contributed by atoms with van der Waals surface area (Å²) >= 11 is 1.74. The van der Waals surface area contributed by atoms with Crippen molar-refractivity contribution in [2.75, 3.05) is 12.9 Å². The number of aromatic nitrogens is 1. The molecular weight excluding hydrogens is 270 g/mol. The summed E-state index contributed by atoms with van der Waals surface area (Å²) in [6, 6.07) is 12.1. The molecule has 0 aliphatic carbocycles. The summed E-state index contributed by atoms with van der Waals surface area (Å²) in [6.45, 7) is 2.08. The fraction of sp³-hybridized carbons (Fsp3) is 0.267. The van der Waals surface area contributed by atoms with Crippen molar-refractivity contribution in [1.82, 2.24) is 10.4 Å². The number of ether oxygens (including phenoxy) is 1. The molecular formula is C15H19N3OS. The van der Waals surface area contributed by atoms with Gasteiger partial charge in [-0.3, -0.25) is 16.3 Å². The number of nitrogens with two attached hydrogens (primary N) is 1. The Balaban J connectivity index is 2.07. The van der Waals surface area contributed by atoms with Gasteiger partial charge in [0.2, 0.25) is 0 Å². The van der Waals surface area contributed by atoms with E-state index in [2.05, 4.69) is 41.6 Å². The van der Waals surface area contributed by atoms with E-state index < -0.39 is 0 Å². The Kier molecular flexibility index (Phi) is 5.40. The second-order valence-corrected chi connectivity index (χ2v) is 5.53. The van der Waals surface area contributed by atoms with Crippen LogP contribution in [-0.2, 0) is 0 Å². The van der Waals surface area contributed by atoms with Crippen molar-refractivity contribution in [2.45, 2.75) is 17.9 Å². The van der Waals surface area contributed by atoms with E-state index in [9.17, 15) is 0 Å². The molecule has 4 nitrogen and oxygen atoms in total. The zero-order chi connectivity index (χ0) is 14.4. The predicted molar refractivity (Wildman–Crippen MR) is 82.8 cm³/mol. The summed E-state index contributed by atoms with van der Waals surface area (Å²) in [7, 11) is 1.64. The van der Waals surface area contributed by atoms with Gasteiger partial charge >= 0.3 is 0 Å². The zero-order valence-electron chi connectivity index (χ0n) is 11.7. The van der Waals surface area contributed by atoms with Crippen molar-refractivity contribution in [3.05, 3.63) is 53.9 Å². The summed E-state index contributed by atoms with van der Waals surface area (Å²) in [5.41, 5.74) is 4.90. The quantitative estimate of drug-likeness (QED) is 0.486. The average molecular weight is 289 g/mol. The van der Waals surface area contributed by atoms with Crippen LogP contribution in [0.1, 0.15) is 17.3 Å². The lowest BCUT2D eigenvalue weighted by Crippen LogP contribution is -2.30. The normalized spacial score (nSPS) is 12.2. The van der Waals surface area contributed by atoms with Gasteiger partial charge in [-0.1, -0.05) is 17.7 Å². The smallest absolute Gasteiger partial charge is 0.142 e. The monoisotopic (exact) mass is 289 g/mol. The van der Waals surface area contributed by atoms with E-state index in [1.807, 2.05) is 12.1 Å². The molecule has 0 aliphatic heterocycles. The fourth-order valence-electron chi connectivity index (χ4n) is 1.86. The number of thioether (sulfide) groups is 1. The van der Waals surface area contributed by atoms with Crippen LogP contribution in [0.15, 0.2) is 47.5 Å². The minimum atomic E-state index is -0.0579. The van der Waals surface area contributed by atoms with Crippen molar-refractivity contribution in [3.63, 3.8) is 0 Å². The molecule has 106 valence electrons. The molecule has 2 rings (SSSR count). The molecule has 0 radical (unpaired) electrons. The van der Waals surface area contributed by atoms with Crippen LogP contribution >= 0.6 is 11.8 Å². The first-order chi connectivity index (χ1) is 9.74. The summed E-state index contributed by atoms with van der Waals surface area (Å²) < 4.78 is 5.33. The van der Waals surface area contributed by atoms with Crippen molar-refractivity contribution in [3.8, 4) is 5.75 Å². The van der Waals surface area contributed by atoms with Crippen molar-refractivity contribution >= 4 is 11.8 Å². The average Bonchev–Trinajstić information content (AvgIpc) is 2.50. The Hall–Kier alpha value is -1.56. The van der Waals surface area contributed by atoms with Gasteiger partial charge in [0.15, 0.2) is 0 Å². The Morgan fingerprint density at radius 2 is 2.05 bits per heavy atom. The van der Waals surface area contributed by atoms with Crippen LogP contribution in [-0.4, -0.2) is 17.8 Å². The second kappa shape index (κ2) is 7.28. The molecule has 0 saturated carbocycles. The van der Waals surface area contributed by atoms with E-state index in [1.54, 1.807) is 25.1 Å². The molecule has 1 unspecified atom stereocenters. The highest BCUT2D eigenvalue weighted by Gasteiger charge is 2.16. The van der Waals surface area contributed by atoms with Crippen LogP contribution in [0.4, 0.5) is 0 Å². The second-order valence-electron chi connectivity index (χ2n) is 4.43. The fourth-order valence-corrected chi connectivity index (χ4v) is 2.80. The highest BCUT2D eigenvalue weighted by atomic mass is 32.2. The molecule has 1 heterocycles. The van der Waals surface area contributed by atoms with E-state index in [1.165, 1.54) is 10.5 Å². The number of hydrogen-bond donors (Lipinski definition) is 2. The predicted octanol–water partition coefficient (Wildman–Crippen LogP) is 2.70. The number of aryl methyl sites for hydroxylation is 1. The van der Waals surface area contributed by atoms with Crippen LogP contribution in [0.25, 0.3) is 0 Å². The number of nitrogens with one attached hydrogen (secondary N) is 1. The molecule has 1 atom stereocenters. The Labute approximate surface area is 123 Å². The lowest BCUT2D eigenvalue weighted by atomic mass is 10.2. The van der Waals surface area contributed by atoms with Gasteiger partial charge < -0.3 is 4.74 Å². The van der Waals surface area contributed by atoms with Gasteiger partial charge in [-0.05, 0) is 31.2 Å². The third-order valence-electron chi connectivity index (χ3n) is 2.99. The first kappa shape index (κ1) is 14.8. The number of nitrogens with zero attached hydrogens (tertiary/aromatic N) is 1. The molecule has 2 aromatic rings. The number of benzene rings is 1. The lowest BCUT2D eigenvalue weighted by Gasteiger charge is -2.17. The number of hydrogen-bond acceptors (Lipinski definition) is 5. The SMILES string of the molecule is COc1cccnc1C(CSc1ccc(C)cc1)NN. The molecule has 5 heteroatoms. The van der Waals surface area contributed by atoms with Crippen molar-refractivity contribution in [2.24, 2.45) is 5.84 Å². The minimum Gasteiger partial charge on any atom is -0.495 e. The number of rotatable bonds is 6. The van der Waals surface area contributed by atoms with Crippen LogP contribution in [0.3, 0.4) is 0 Å². The van der Waals surface area contributed by atoms with Crippen LogP contribution in [0.5, 0.6) is 5.75 Å². The first-order valence-corrected chi connectivity index (χ1v) is 7.37. The lowest BCUT2D eigenvalue weighted by molar-refractivity contribution is 0.398. The maximum Gasteiger partial charge on any atom is 0.142 e. The third-order valence-corrected chi connectivity index (χ3v) is 4.09. The molecule has 0 fully saturated rings. The van der Waals surface area contributed by atoms with E-state index in [0.717, 1.165) is 17.2 Å². The van der Waals surface area contributed by atoms with Crippen molar-refractivity contribution < 1.29 is 4.74 Å². The summed E-state index contributed by atoms with van der Waals surface area (Å²) in [5.74, 6) is 7.19. The largest absolute Gasteiger partial charge is 0.495 e. The third kappa shape index (κ3) is 3.72. The molecule has 0 bridgehead atoms. The summed E-state index contributed by atoms with van der Waals surface area (Å²) in [4.78, 5) is 5.58. The van der Waals surface area contributed by atoms with Gasteiger partial charge in [-0.2, -0.15) is 0 Å². The Morgan fingerprint density at radius 1 is 1.30 bits per heavy atom. The van der Waals surface area contributed by atoms with E-state index in [4.69, 9.17) is 10.6 Å². The molecule has 1 aromatic heterocycles. The maximum atomic E-state index is 5.66. The standard InChI is InChI=1S/C15H19N3OS/c1-11-5-7-12(8-6-11)20-10-13(18-16)15-14(19-2)4-3-9-17-15/h3-9,13,18H,10,16H2,1-2H3. The zero-order valence-corrected chi connectivity index (χ0v) is 12.5. The topological polar surface area (TPSA) is 60.2 Å². The molecule has 20 heavy (non-hydrogen) atoms. The van der Waals surface area contributed by atoms with Crippen molar-refractivity contribution in [1.29, 1.82) is 0 Å². The molecule has 3 N–H and O–H groups in total. The van der Waals surface area contributed by atoms with E-state index >= 15 is 0 Å². The summed E-state index contributed by atoms with van der Waals surface area (Å²) in [6.07, 6.45) is 1.75. The van der Waals surface area contributed by atoms with Gasteiger partial charge in [0, 0.05) is 16.8 Å². The van der Waals surface area contributed by atoms with Gasteiger partial charge in [0.25, 0.3) is 0 Å². The highest BCUT2D eigenvalue weighted by Crippen LogP contribution is 2.28. The molecule has 0 amide bonds. The number of pyridine rings is 1. The van der Waals surface area contributed by atoms with Gasteiger partial charge in [-0.25, -0.2) is 0 Å². The van der Waals surface area contributed by atoms with Gasteiger partial charge in [0.05, 0.1) is 13.2 Å². The molecule has 1 aromatic carbocycles. The summed E-state index contributed by atoms with van der Waals surface area (Å²) in [5, 5.41) is 0. The Bertz CT molecular complexity index is 545. The molecule has 0 saturated heterocycles.